The quantitative estimate of drug-likeness (QED) is 0.647. The summed E-state index contributed by atoms with van der Waals surface area (Å²) in [5, 5.41) is 13.9. The second-order valence-electron chi connectivity index (χ2n) is 3.96. The standard InChI is InChI=1S/C11H13FN2O3/c12-8-3-4-10(14(15)16)11(6-8)17-9-2-1-5-13-7-9/h3-4,6,9,13H,1-2,5,7H2/t9-/m0/s1. The summed E-state index contributed by atoms with van der Waals surface area (Å²) in [6, 6.07) is 3.25. The predicted molar refractivity (Wildman–Crippen MR) is 59.6 cm³/mol. The van der Waals surface area contributed by atoms with Crippen LogP contribution in [-0.4, -0.2) is 24.1 Å². The van der Waals surface area contributed by atoms with Crippen LogP contribution in [0.2, 0.25) is 0 Å². The molecule has 1 aliphatic rings. The van der Waals surface area contributed by atoms with E-state index in [2.05, 4.69) is 5.32 Å². The third kappa shape index (κ3) is 2.91. The fourth-order valence-corrected chi connectivity index (χ4v) is 1.83. The summed E-state index contributed by atoms with van der Waals surface area (Å²) in [6.07, 6.45) is 1.64. The first-order valence-corrected chi connectivity index (χ1v) is 5.48. The molecule has 0 aliphatic carbocycles. The van der Waals surface area contributed by atoms with Crippen molar-refractivity contribution in [1.29, 1.82) is 0 Å². The Bertz CT molecular complexity index is 419. The molecular weight excluding hydrogens is 227 g/mol. The van der Waals surface area contributed by atoms with Crippen molar-refractivity contribution in [1.82, 2.24) is 5.32 Å². The van der Waals surface area contributed by atoms with Gasteiger partial charge in [0.2, 0.25) is 0 Å². The van der Waals surface area contributed by atoms with Crippen LogP contribution in [0.5, 0.6) is 5.75 Å². The summed E-state index contributed by atoms with van der Waals surface area (Å²) in [5.41, 5.74) is -0.197. The number of nitro groups is 1. The smallest absolute Gasteiger partial charge is 0.311 e. The Morgan fingerprint density at radius 2 is 2.35 bits per heavy atom. The third-order valence-corrected chi connectivity index (χ3v) is 2.66. The maximum Gasteiger partial charge on any atom is 0.311 e. The number of ether oxygens (including phenoxy) is 1. The molecule has 1 aromatic carbocycles. The van der Waals surface area contributed by atoms with Gasteiger partial charge in [-0.25, -0.2) is 4.39 Å². The van der Waals surface area contributed by atoms with Crippen molar-refractivity contribution in [3.63, 3.8) is 0 Å². The van der Waals surface area contributed by atoms with Crippen LogP contribution in [0.4, 0.5) is 10.1 Å². The first-order chi connectivity index (χ1) is 8.16. The van der Waals surface area contributed by atoms with Crippen molar-refractivity contribution in [3.05, 3.63) is 34.1 Å². The highest BCUT2D eigenvalue weighted by molar-refractivity contribution is 5.46. The Kier molecular flexibility index (Phi) is 3.53. The van der Waals surface area contributed by atoms with Crippen LogP contribution >= 0.6 is 0 Å². The second-order valence-corrected chi connectivity index (χ2v) is 3.96. The minimum atomic E-state index is -0.564. The number of benzene rings is 1. The number of rotatable bonds is 3. The molecule has 17 heavy (non-hydrogen) atoms. The van der Waals surface area contributed by atoms with Crippen LogP contribution in [0.1, 0.15) is 12.8 Å². The fourth-order valence-electron chi connectivity index (χ4n) is 1.83. The van der Waals surface area contributed by atoms with Crippen LogP contribution < -0.4 is 10.1 Å². The summed E-state index contributed by atoms with van der Waals surface area (Å²) >= 11 is 0. The third-order valence-electron chi connectivity index (χ3n) is 2.66. The van der Waals surface area contributed by atoms with Gasteiger partial charge in [-0.1, -0.05) is 0 Å². The lowest BCUT2D eigenvalue weighted by atomic mass is 10.1. The number of hydrogen-bond acceptors (Lipinski definition) is 4. The zero-order valence-corrected chi connectivity index (χ0v) is 9.19. The molecule has 1 heterocycles. The molecule has 92 valence electrons. The van der Waals surface area contributed by atoms with E-state index in [1.165, 1.54) is 0 Å². The fraction of sp³-hybridized carbons (Fsp3) is 0.455. The van der Waals surface area contributed by atoms with Crippen molar-refractivity contribution < 1.29 is 14.1 Å². The molecule has 1 aliphatic heterocycles. The van der Waals surface area contributed by atoms with Gasteiger partial charge in [0.15, 0.2) is 5.75 Å². The minimum Gasteiger partial charge on any atom is -0.482 e. The number of hydrogen-bond donors (Lipinski definition) is 1. The van der Waals surface area contributed by atoms with Crippen LogP contribution in [0.3, 0.4) is 0 Å². The van der Waals surface area contributed by atoms with Gasteiger partial charge in [-0.2, -0.15) is 0 Å². The molecule has 0 aromatic heterocycles. The lowest BCUT2D eigenvalue weighted by molar-refractivity contribution is -0.386. The van der Waals surface area contributed by atoms with E-state index in [0.717, 1.165) is 37.6 Å². The van der Waals surface area contributed by atoms with Gasteiger partial charge < -0.3 is 10.1 Å². The average Bonchev–Trinajstić information content (AvgIpc) is 2.30. The normalized spacial score (nSPS) is 19.9. The molecule has 0 saturated carbocycles. The summed E-state index contributed by atoms with van der Waals surface area (Å²) < 4.78 is 18.5. The van der Waals surface area contributed by atoms with Crippen molar-refractivity contribution in [2.45, 2.75) is 18.9 Å². The number of nitrogens with one attached hydrogen (secondary N) is 1. The highest BCUT2D eigenvalue weighted by Crippen LogP contribution is 2.29. The van der Waals surface area contributed by atoms with Crippen LogP contribution in [-0.2, 0) is 0 Å². The first kappa shape index (κ1) is 11.8. The molecule has 5 nitrogen and oxygen atoms in total. The van der Waals surface area contributed by atoms with E-state index in [0.29, 0.717) is 6.54 Å². The number of nitrogens with zero attached hydrogens (tertiary/aromatic N) is 1. The van der Waals surface area contributed by atoms with E-state index in [9.17, 15) is 14.5 Å². The summed E-state index contributed by atoms with van der Waals surface area (Å²) in [6.45, 7) is 1.55. The Morgan fingerprint density at radius 3 is 3.00 bits per heavy atom. The van der Waals surface area contributed by atoms with Gasteiger partial charge in [-0.05, 0) is 25.5 Å². The van der Waals surface area contributed by atoms with E-state index in [4.69, 9.17) is 4.74 Å². The first-order valence-electron chi connectivity index (χ1n) is 5.48. The predicted octanol–water partition coefficient (Wildman–Crippen LogP) is 1.86. The molecule has 6 heteroatoms. The molecule has 0 unspecified atom stereocenters. The highest BCUT2D eigenvalue weighted by atomic mass is 19.1. The molecule has 0 spiro atoms. The summed E-state index contributed by atoms with van der Waals surface area (Å²) in [7, 11) is 0. The molecule has 0 bridgehead atoms. The SMILES string of the molecule is O=[N+]([O-])c1ccc(F)cc1O[C@H]1CCCNC1. The van der Waals surface area contributed by atoms with Gasteiger partial charge in [0.1, 0.15) is 11.9 Å². The second kappa shape index (κ2) is 5.09. The Hall–Kier alpha value is -1.69. The van der Waals surface area contributed by atoms with Crippen LogP contribution in [0.25, 0.3) is 0 Å². The Labute approximate surface area is 97.7 Å². The van der Waals surface area contributed by atoms with Gasteiger partial charge in [0.05, 0.1) is 4.92 Å². The molecule has 0 amide bonds. The molecule has 1 atom stereocenters. The Morgan fingerprint density at radius 1 is 1.53 bits per heavy atom. The molecular formula is C11H13FN2O3. The molecule has 1 fully saturated rings. The molecule has 2 rings (SSSR count). The van der Waals surface area contributed by atoms with Crippen LogP contribution in [0.15, 0.2) is 18.2 Å². The maximum absolute atomic E-state index is 13.0. The van der Waals surface area contributed by atoms with E-state index < -0.39 is 10.7 Å². The largest absolute Gasteiger partial charge is 0.482 e. The highest BCUT2D eigenvalue weighted by Gasteiger charge is 2.21. The van der Waals surface area contributed by atoms with Gasteiger partial charge >= 0.3 is 5.69 Å². The molecule has 0 radical (unpaired) electrons. The zero-order valence-electron chi connectivity index (χ0n) is 9.19. The maximum atomic E-state index is 13.0. The topological polar surface area (TPSA) is 64.4 Å². The van der Waals surface area contributed by atoms with E-state index in [-0.39, 0.29) is 17.5 Å². The summed E-state index contributed by atoms with van der Waals surface area (Å²) in [5.74, 6) is -0.530. The van der Waals surface area contributed by atoms with Crippen LogP contribution in [0, 0.1) is 15.9 Å². The molecule has 1 N–H and O–H groups in total. The Balaban J connectivity index is 2.17. The minimum absolute atomic E-state index is 0.00343. The van der Waals surface area contributed by atoms with Crippen molar-refractivity contribution in [2.75, 3.05) is 13.1 Å². The van der Waals surface area contributed by atoms with Gasteiger partial charge in [0.25, 0.3) is 0 Å². The van der Waals surface area contributed by atoms with Gasteiger partial charge in [-0.15, -0.1) is 0 Å². The lowest BCUT2D eigenvalue weighted by Gasteiger charge is -2.23. The molecule has 1 aromatic rings. The van der Waals surface area contributed by atoms with E-state index in [1.807, 2.05) is 0 Å². The number of piperidine rings is 1. The van der Waals surface area contributed by atoms with Crippen molar-refractivity contribution in [2.24, 2.45) is 0 Å². The number of halogens is 1. The van der Waals surface area contributed by atoms with Crippen molar-refractivity contribution in [3.8, 4) is 5.75 Å². The summed E-state index contributed by atoms with van der Waals surface area (Å²) in [4.78, 5) is 10.2. The zero-order chi connectivity index (χ0) is 12.3. The van der Waals surface area contributed by atoms with Crippen molar-refractivity contribution >= 4 is 5.69 Å². The lowest BCUT2D eigenvalue weighted by Crippen LogP contribution is -2.37. The van der Waals surface area contributed by atoms with E-state index >= 15 is 0 Å². The van der Waals surface area contributed by atoms with E-state index in [1.54, 1.807) is 0 Å². The monoisotopic (exact) mass is 240 g/mol. The van der Waals surface area contributed by atoms with Gasteiger partial charge in [-0.3, -0.25) is 10.1 Å². The van der Waals surface area contributed by atoms with Gasteiger partial charge in [0, 0.05) is 18.7 Å². The molecule has 1 saturated heterocycles. The average molecular weight is 240 g/mol. The number of nitro benzene ring substituents is 1.